The molecule has 0 atom stereocenters. The van der Waals surface area contributed by atoms with Gasteiger partial charge in [-0.15, -0.1) is 24.0 Å². The standard InChI is InChI=1S/C16H22ClN3.HI/c17-13-7-5-12(6-8-13)16(9-10-16)11-19-15(18)20-14-3-1-2-4-14;/h5-8,14H,1-4,9-11H2,(H3,18,19,20);1H. The smallest absolute Gasteiger partial charge is 0.188 e. The lowest BCUT2D eigenvalue weighted by atomic mass is 9.96. The van der Waals surface area contributed by atoms with Gasteiger partial charge >= 0.3 is 0 Å². The molecule has 3 nitrogen and oxygen atoms in total. The van der Waals surface area contributed by atoms with Crippen LogP contribution in [0.1, 0.15) is 44.1 Å². The number of nitrogens with two attached hydrogens (primary N) is 1. The van der Waals surface area contributed by atoms with Gasteiger partial charge in [0.05, 0.1) is 6.54 Å². The lowest BCUT2D eigenvalue weighted by Crippen LogP contribution is -2.39. The molecule has 2 saturated carbocycles. The molecule has 21 heavy (non-hydrogen) atoms. The van der Waals surface area contributed by atoms with Gasteiger partial charge in [0, 0.05) is 16.5 Å². The Morgan fingerprint density at radius 1 is 1.24 bits per heavy atom. The molecule has 0 heterocycles. The van der Waals surface area contributed by atoms with Crippen LogP contribution in [-0.4, -0.2) is 18.5 Å². The van der Waals surface area contributed by atoms with Crippen molar-refractivity contribution in [1.29, 1.82) is 0 Å². The van der Waals surface area contributed by atoms with E-state index in [4.69, 9.17) is 17.3 Å². The van der Waals surface area contributed by atoms with E-state index in [1.807, 2.05) is 12.1 Å². The normalized spacial score (nSPS) is 20.9. The highest BCUT2D eigenvalue weighted by molar-refractivity contribution is 14.0. The molecule has 2 aliphatic carbocycles. The van der Waals surface area contributed by atoms with Gasteiger partial charge in [-0.1, -0.05) is 36.6 Å². The van der Waals surface area contributed by atoms with Gasteiger partial charge in [-0.2, -0.15) is 0 Å². The van der Waals surface area contributed by atoms with Crippen LogP contribution >= 0.6 is 35.6 Å². The lowest BCUT2D eigenvalue weighted by molar-refractivity contribution is 0.620. The van der Waals surface area contributed by atoms with Crippen LogP contribution in [0, 0.1) is 0 Å². The third-order valence-corrected chi connectivity index (χ3v) is 4.82. The average Bonchev–Trinajstić information content (AvgIpc) is 3.07. The van der Waals surface area contributed by atoms with Crippen LogP contribution in [0.15, 0.2) is 29.3 Å². The molecule has 0 saturated heterocycles. The van der Waals surface area contributed by atoms with E-state index in [0.29, 0.717) is 12.0 Å². The molecule has 3 N–H and O–H groups in total. The van der Waals surface area contributed by atoms with E-state index in [0.717, 1.165) is 11.6 Å². The van der Waals surface area contributed by atoms with Crippen LogP contribution in [0.4, 0.5) is 0 Å². The zero-order valence-corrected chi connectivity index (χ0v) is 15.2. The Balaban J connectivity index is 0.00000161. The Bertz CT molecular complexity index is 491. The molecule has 0 radical (unpaired) electrons. The predicted molar refractivity (Wildman–Crippen MR) is 99.7 cm³/mol. The Morgan fingerprint density at radius 3 is 2.43 bits per heavy atom. The van der Waals surface area contributed by atoms with E-state index >= 15 is 0 Å². The number of nitrogens with zero attached hydrogens (tertiary/aromatic N) is 1. The number of nitrogens with one attached hydrogen (secondary N) is 1. The number of hydrogen-bond donors (Lipinski definition) is 2. The van der Waals surface area contributed by atoms with Gasteiger partial charge in [0.15, 0.2) is 5.96 Å². The van der Waals surface area contributed by atoms with Crippen molar-refractivity contribution in [3.8, 4) is 0 Å². The van der Waals surface area contributed by atoms with Crippen molar-refractivity contribution in [2.45, 2.75) is 50.0 Å². The fourth-order valence-electron chi connectivity index (χ4n) is 3.05. The monoisotopic (exact) mass is 419 g/mol. The van der Waals surface area contributed by atoms with Gasteiger partial charge in [-0.05, 0) is 43.4 Å². The van der Waals surface area contributed by atoms with Gasteiger partial charge in [0.25, 0.3) is 0 Å². The fourth-order valence-corrected chi connectivity index (χ4v) is 3.18. The molecule has 0 amide bonds. The number of halogens is 2. The van der Waals surface area contributed by atoms with E-state index in [1.54, 1.807) is 0 Å². The first-order valence-electron chi connectivity index (χ1n) is 7.50. The van der Waals surface area contributed by atoms with E-state index in [-0.39, 0.29) is 29.4 Å². The summed E-state index contributed by atoms with van der Waals surface area (Å²) in [6.07, 6.45) is 7.43. The Morgan fingerprint density at radius 2 is 1.86 bits per heavy atom. The van der Waals surface area contributed by atoms with Crippen molar-refractivity contribution in [2.75, 3.05) is 6.54 Å². The minimum absolute atomic E-state index is 0. The molecule has 116 valence electrons. The van der Waals surface area contributed by atoms with Crippen molar-refractivity contribution >= 4 is 41.5 Å². The lowest BCUT2D eigenvalue weighted by Gasteiger charge is -2.16. The van der Waals surface area contributed by atoms with Crippen LogP contribution in [0.5, 0.6) is 0 Å². The van der Waals surface area contributed by atoms with Crippen LogP contribution in [-0.2, 0) is 5.41 Å². The summed E-state index contributed by atoms with van der Waals surface area (Å²) >= 11 is 5.95. The van der Waals surface area contributed by atoms with E-state index in [2.05, 4.69) is 22.4 Å². The highest BCUT2D eigenvalue weighted by Crippen LogP contribution is 2.48. The second-order valence-corrected chi connectivity index (χ2v) is 6.55. The molecule has 5 heteroatoms. The Labute approximate surface area is 148 Å². The maximum absolute atomic E-state index is 6.01. The number of aliphatic imine (C=N–C) groups is 1. The molecule has 0 unspecified atom stereocenters. The first-order chi connectivity index (χ1) is 9.68. The zero-order chi connectivity index (χ0) is 14.0. The average molecular weight is 420 g/mol. The summed E-state index contributed by atoms with van der Waals surface area (Å²) in [5, 5.41) is 4.13. The molecule has 1 aromatic rings. The van der Waals surface area contributed by atoms with Gasteiger partial charge in [0.2, 0.25) is 0 Å². The van der Waals surface area contributed by atoms with Crippen LogP contribution in [0.2, 0.25) is 5.02 Å². The largest absolute Gasteiger partial charge is 0.370 e. The molecular weight excluding hydrogens is 397 g/mol. The highest BCUT2D eigenvalue weighted by atomic mass is 127. The fraction of sp³-hybridized carbons (Fsp3) is 0.562. The van der Waals surface area contributed by atoms with E-state index < -0.39 is 0 Å². The Hall–Kier alpha value is -0.490. The zero-order valence-electron chi connectivity index (χ0n) is 12.1. The van der Waals surface area contributed by atoms with Gasteiger partial charge in [0.1, 0.15) is 0 Å². The predicted octanol–water partition coefficient (Wildman–Crippen LogP) is 3.84. The summed E-state index contributed by atoms with van der Waals surface area (Å²) < 4.78 is 0. The van der Waals surface area contributed by atoms with Crippen molar-refractivity contribution in [3.63, 3.8) is 0 Å². The molecular formula is C16H23ClIN3. The minimum atomic E-state index is 0. The summed E-state index contributed by atoms with van der Waals surface area (Å²) in [4.78, 5) is 4.57. The van der Waals surface area contributed by atoms with Crippen LogP contribution < -0.4 is 11.1 Å². The van der Waals surface area contributed by atoms with Gasteiger partial charge in [-0.25, -0.2) is 0 Å². The minimum Gasteiger partial charge on any atom is -0.370 e. The highest BCUT2D eigenvalue weighted by Gasteiger charge is 2.44. The topological polar surface area (TPSA) is 50.4 Å². The first-order valence-corrected chi connectivity index (χ1v) is 7.88. The van der Waals surface area contributed by atoms with Gasteiger partial charge in [-0.3, -0.25) is 4.99 Å². The molecule has 0 aliphatic heterocycles. The van der Waals surface area contributed by atoms with Crippen LogP contribution in [0.25, 0.3) is 0 Å². The van der Waals surface area contributed by atoms with Crippen molar-refractivity contribution in [1.82, 2.24) is 5.32 Å². The van der Waals surface area contributed by atoms with E-state index in [1.165, 1.54) is 44.1 Å². The molecule has 2 fully saturated rings. The molecule has 0 bridgehead atoms. The SMILES string of the molecule is I.NC(=NCC1(c2ccc(Cl)cc2)CC1)NC1CCCC1. The number of rotatable bonds is 4. The maximum atomic E-state index is 6.01. The third kappa shape index (κ3) is 4.25. The van der Waals surface area contributed by atoms with Crippen molar-refractivity contribution in [2.24, 2.45) is 10.7 Å². The summed E-state index contributed by atoms with van der Waals surface area (Å²) in [6.45, 7) is 0.778. The van der Waals surface area contributed by atoms with E-state index in [9.17, 15) is 0 Å². The summed E-state index contributed by atoms with van der Waals surface area (Å²) in [5.41, 5.74) is 7.54. The molecule has 0 spiro atoms. The first kappa shape index (κ1) is 16.9. The molecule has 2 aliphatic rings. The second-order valence-electron chi connectivity index (χ2n) is 6.11. The Kier molecular flexibility index (Phi) is 5.77. The summed E-state index contributed by atoms with van der Waals surface area (Å²) in [7, 11) is 0. The third-order valence-electron chi connectivity index (χ3n) is 4.57. The van der Waals surface area contributed by atoms with Gasteiger partial charge < -0.3 is 11.1 Å². The summed E-state index contributed by atoms with van der Waals surface area (Å²) in [5.74, 6) is 0.608. The van der Waals surface area contributed by atoms with Crippen LogP contribution in [0.3, 0.4) is 0 Å². The van der Waals surface area contributed by atoms with Crippen molar-refractivity contribution < 1.29 is 0 Å². The maximum Gasteiger partial charge on any atom is 0.188 e. The number of hydrogen-bond acceptors (Lipinski definition) is 1. The molecule has 0 aromatic heterocycles. The van der Waals surface area contributed by atoms with Crippen molar-refractivity contribution in [3.05, 3.63) is 34.9 Å². The second kappa shape index (κ2) is 7.18. The quantitative estimate of drug-likeness (QED) is 0.443. The molecule has 3 rings (SSSR count). The summed E-state index contributed by atoms with van der Waals surface area (Å²) in [6, 6.07) is 8.68. The number of guanidine groups is 1. The number of benzene rings is 1. The molecule has 1 aromatic carbocycles.